The van der Waals surface area contributed by atoms with Gasteiger partial charge in [0, 0.05) is 11.6 Å². The first-order chi connectivity index (χ1) is 7.83. The summed E-state index contributed by atoms with van der Waals surface area (Å²) in [5, 5.41) is 2.94. The minimum absolute atomic E-state index is 0.0283. The molecule has 1 aromatic rings. The number of ether oxygens (including phenoxy) is 2. The van der Waals surface area contributed by atoms with Crippen molar-refractivity contribution in [1.29, 1.82) is 0 Å². The van der Waals surface area contributed by atoms with Crippen molar-refractivity contribution >= 4 is 5.91 Å². The molecule has 1 aromatic carbocycles. The van der Waals surface area contributed by atoms with Crippen LogP contribution in [-0.2, 0) is 0 Å². The molecule has 1 N–H and O–H groups in total. The first-order valence-electron chi connectivity index (χ1n) is 5.53. The van der Waals surface area contributed by atoms with Crippen LogP contribution in [0.1, 0.15) is 23.2 Å². The van der Waals surface area contributed by atoms with Crippen molar-refractivity contribution in [3.05, 3.63) is 23.8 Å². The van der Waals surface area contributed by atoms with Gasteiger partial charge in [-0.2, -0.15) is 0 Å². The summed E-state index contributed by atoms with van der Waals surface area (Å²) in [7, 11) is 0. The van der Waals surface area contributed by atoms with Crippen molar-refractivity contribution in [3.63, 3.8) is 0 Å². The van der Waals surface area contributed by atoms with Crippen molar-refractivity contribution in [2.24, 2.45) is 0 Å². The first kappa shape index (κ1) is 9.51. The summed E-state index contributed by atoms with van der Waals surface area (Å²) < 4.78 is 10.8. The second-order valence-corrected chi connectivity index (χ2v) is 4.11. The Kier molecular flexibility index (Phi) is 2.20. The van der Waals surface area contributed by atoms with E-state index in [0.717, 1.165) is 12.8 Å². The van der Waals surface area contributed by atoms with E-state index in [0.29, 0.717) is 36.3 Å². The molecule has 1 aliphatic carbocycles. The molecular formula is C12H13NO3. The molecule has 0 aromatic heterocycles. The maximum atomic E-state index is 11.8. The average Bonchev–Trinajstić information content (AvgIpc) is 3.12. The zero-order valence-electron chi connectivity index (χ0n) is 8.86. The van der Waals surface area contributed by atoms with Gasteiger partial charge in [-0.1, -0.05) is 0 Å². The lowest BCUT2D eigenvalue weighted by atomic mass is 10.2. The Morgan fingerprint density at radius 3 is 2.69 bits per heavy atom. The molecular weight excluding hydrogens is 206 g/mol. The van der Waals surface area contributed by atoms with Gasteiger partial charge in [0.1, 0.15) is 13.2 Å². The van der Waals surface area contributed by atoms with Crippen LogP contribution in [0.25, 0.3) is 0 Å². The highest BCUT2D eigenvalue weighted by Crippen LogP contribution is 2.31. The molecule has 0 spiro atoms. The number of carbonyl (C=O) groups excluding carboxylic acids is 1. The Morgan fingerprint density at radius 2 is 1.94 bits per heavy atom. The third kappa shape index (κ3) is 1.83. The van der Waals surface area contributed by atoms with E-state index in [-0.39, 0.29) is 5.91 Å². The van der Waals surface area contributed by atoms with E-state index in [1.165, 1.54) is 0 Å². The van der Waals surface area contributed by atoms with Crippen LogP contribution in [0, 0.1) is 0 Å². The smallest absolute Gasteiger partial charge is 0.251 e. The molecule has 1 fully saturated rings. The van der Waals surface area contributed by atoms with E-state index in [2.05, 4.69) is 5.32 Å². The summed E-state index contributed by atoms with van der Waals surface area (Å²) in [6, 6.07) is 5.67. The largest absolute Gasteiger partial charge is 0.486 e. The highest BCUT2D eigenvalue weighted by atomic mass is 16.6. The Bertz CT molecular complexity index is 426. The monoisotopic (exact) mass is 219 g/mol. The molecule has 1 aliphatic heterocycles. The summed E-state index contributed by atoms with van der Waals surface area (Å²) in [5.74, 6) is 1.35. The van der Waals surface area contributed by atoms with E-state index < -0.39 is 0 Å². The SMILES string of the molecule is O=C(NC1CC1)c1ccc2c(c1)OCCO2. The van der Waals surface area contributed by atoms with Crippen LogP contribution in [0.2, 0.25) is 0 Å². The number of benzene rings is 1. The molecule has 1 amide bonds. The molecule has 4 nitrogen and oxygen atoms in total. The Morgan fingerprint density at radius 1 is 1.19 bits per heavy atom. The normalized spacial score (nSPS) is 18.0. The summed E-state index contributed by atoms with van der Waals surface area (Å²) in [5.41, 5.74) is 0.635. The predicted octanol–water partition coefficient (Wildman–Crippen LogP) is 1.35. The van der Waals surface area contributed by atoms with Crippen LogP contribution < -0.4 is 14.8 Å². The number of hydrogen-bond donors (Lipinski definition) is 1. The number of nitrogens with one attached hydrogen (secondary N) is 1. The first-order valence-corrected chi connectivity index (χ1v) is 5.53. The highest BCUT2D eigenvalue weighted by molar-refractivity contribution is 5.95. The predicted molar refractivity (Wildman–Crippen MR) is 57.9 cm³/mol. The van der Waals surface area contributed by atoms with Crippen molar-refractivity contribution in [2.45, 2.75) is 18.9 Å². The highest BCUT2D eigenvalue weighted by Gasteiger charge is 2.24. The van der Waals surface area contributed by atoms with Gasteiger partial charge >= 0.3 is 0 Å². The summed E-state index contributed by atoms with van der Waals surface area (Å²) in [6.07, 6.45) is 2.19. The lowest BCUT2D eigenvalue weighted by Gasteiger charge is -2.18. The summed E-state index contributed by atoms with van der Waals surface area (Å²) in [4.78, 5) is 11.8. The molecule has 84 valence electrons. The zero-order chi connectivity index (χ0) is 11.0. The Hall–Kier alpha value is -1.71. The van der Waals surface area contributed by atoms with Crippen LogP contribution in [0.4, 0.5) is 0 Å². The van der Waals surface area contributed by atoms with Crippen molar-refractivity contribution in [1.82, 2.24) is 5.32 Å². The molecule has 1 saturated carbocycles. The third-order valence-electron chi connectivity index (χ3n) is 2.72. The Labute approximate surface area is 93.5 Å². The number of rotatable bonds is 2. The van der Waals surface area contributed by atoms with Crippen LogP contribution in [0.3, 0.4) is 0 Å². The fourth-order valence-corrected chi connectivity index (χ4v) is 1.68. The van der Waals surface area contributed by atoms with Crippen LogP contribution in [-0.4, -0.2) is 25.2 Å². The zero-order valence-corrected chi connectivity index (χ0v) is 8.86. The van der Waals surface area contributed by atoms with Gasteiger partial charge in [0.25, 0.3) is 5.91 Å². The van der Waals surface area contributed by atoms with Gasteiger partial charge < -0.3 is 14.8 Å². The van der Waals surface area contributed by atoms with E-state index in [9.17, 15) is 4.79 Å². The van der Waals surface area contributed by atoms with Crippen molar-refractivity contribution in [2.75, 3.05) is 13.2 Å². The molecule has 2 aliphatic rings. The average molecular weight is 219 g/mol. The van der Waals surface area contributed by atoms with E-state index in [1.807, 2.05) is 0 Å². The molecule has 0 saturated heterocycles. The topological polar surface area (TPSA) is 47.6 Å². The lowest BCUT2D eigenvalue weighted by Crippen LogP contribution is -2.25. The number of fused-ring (bicyclic) bond motifs is 1. The quantitative estimate of drug-likeness (QED) is 0.816. The molecule has 0 unspecified atom stereocenters. The van der Waals surface area contributed by atoms with Gasteiger partial charge in [-0.05, 0) is 31.0 Å². The minimum Gasteiger partial charge on any atom is -0.486 e. The van der Waals surface area contributed by atoms with E-state index in [1.54, 1.807) is 18.2 Å². The van der Waals surface area contributed by atoms with E-state index >= 15 is 0 Å². The maximum Gasteiger partial charge on any atom is 0.251 e. The molecule has 1 heterocycles. The van der Waals surface area contributed by atoms with E-state index in [4.69, 9.17) is 9.47 Å². The fourth-order valence-electron chi connectivity index (χ4n) is 1.68. The van der Waals surface area contributed by atoms with Crippen LogP contribution in [0.15, 0.2) is 18.2 Å². The van der Waals surface area contributed by atoms with Crippen molar-refractivity contribution < 1.29 is 14.3 Å². The minimum atomic E-state index is -0.0283. The lowest BCUT2D eigenvalue weighted by molar-refractivity contribution is 0.0950. The molecule has 0 atom stereocenters. The van der Waals surface area contributed by atoms with Gasteiger partial charge in [0.15, 0.2) is 11.5 Å². The standard InChI is InChI=1S/C12H13NO3/c14-12(13-9-2-3-9)8-1-4-10-11(7-8)16-6-5-15-10/h1,4,7,9H,2-3,5-6H2,(H,13,14). The molecule has 0 bridgehead atoms. The summed E-state index contributed by atoms with van der Waals surface area (Å²) in [6.45, 7) is 1.11. The van der Waals surface area contributed by atoms with Gasteiger partial charge in [-0.3, -0.25) is 4.79 Å². The van der Waals surface area contributed by atoms with Gasteiger partial charge in [0.05, 0.1) is 0 Å². The molecule has 4 heteroatoms. The number of hydrogen-bond acceptors (Lipinski definition) is 3. The van der Waals surface area contributed by atoms with Gasteiger partial charge in [-0.15, -0.1) is 0 Å². The van der Waals surface area contributed by atoms with Crippen molar-refractivity contribution in [3.8, 4) is 11.5 Å². The summed E-state index contributed by atoms with van der Waals surface area (Å²) >= 11 is 0. The fraction of sp³-hybridized carbons (Fsp3) is 0.417. The van der Waals surface area contributed by atoms with Crippen LogP contribution in [0.5, 0.6) is 11.5 Å². The van der Waals surface area contributed by atoms with Gasteiger partial charge in [-0.25, -0.2) is 0 Å². The molecule has 0 radical (unpaired) electrons. The third-order valence-corrected chi connectivity index (χ3v) is 2.72. The second kappa shape index (κ2) is 3.70. The number of carbonyl (C=O) groups is 1. The Balaban J connectivity index is 1.81. The number of amides is 1. The second-order valence-electron chi connectivity index (χ2n) is 4.11. The molecule has 16 heavy (non-hydrogen) atoms. The van der Waals surface area contributed by atoms with Crippen LogP contribution >= 0.6 is 0 Å². The van der Waals surface area contributed by atoms with Gasteiger partial charge in [0.2, 0.25) is 0 Å². The maximum absolute atomic E-state index is 11.8. The molecule has 3 rings (SSSR count).